The number of nitrogens with zero attached hydrogens (tertiary/aromatic N) is 1. The van der Waals surface area contributed by atoms with Crippen LogP contribution in [0.5, 0.6) is 5.75 Å². The van der Waals surface area contributed by atoms with Crippen LogP contribution in [0.15, 0.2) is 23.1 Å². The van der Waals surface area contributed by atoms with Gasteiger partial charge in [-0.05, 0) is 37.8 Å². The number of piperidine rings is 1. The van der Waals surface area contributed by atoms with Gasteiger partial charge in [-0.15, -0.1) is 12.4 Å². The van der Waals surface area contributed by atoms with Crippen molar-refractivity contribution in [2.24, 2.45) is 0 Å². The van der Waals surface area contributed by atoms with E-state index in [2.05, 4.69) is 10.0 Å². The summed E-state index contributed by atoms with van der Waals surface area (Å²) in [5.74, 6) is 0.246. The van der Waals surface area contributed by atoms with E-state index in [0.29, 0.717) is 24.9 Å². The Morgan fingerprint density at radius 2 is 1.92 bits per heavy atom. The van der Waals surface area contributed by atoms with Crippen molar-refractivity contribution in [3.05, 3.63) is 28.3 Å². The number of fused-ring (bicyclic) bond motifs is 2. The highest BCUT2D eigenvalue weighted by molar-refractivity contribution is 7.89. The summed E-state index contributed by atoms with van der Waals surface area (Å²) in [6.45, 7) is 0. The topological polar surface area (TPSA) is 111 Å². The number of hydrogen-bond acceptors (Lipinski definition) is 6. The van der Waals surface area contributed by atoms with Crippen molar-refractivity contribution in [2.75, 3.05) is 7.11 Å². The van der Waals surface area contributed by atoms with Gasteiger partial charge in [-0.2, -0.15) is 0 Å². The average molecular weight is 378 g/mol. The van der Waals surface area contributed by atoms with Crippen molar-refractivity contribution in [3.8, 4) is 5.75 Å². The third-order valence-corrected chi connectivity index (χ3v) is 6.02. The summed E-state index contributed by atoms with van der Waals surface area (Å²) in [5.41, 5.74) is -0.478. The fraction of sp³-hybridized carbons (Fsp3) is 0.571. The Balaban J connectivity index is 0.00000208. The largest absolute Gasteiger partial charge is 0.497 e. The molecule has 2 atom stereocenters. The average Bonchev–Trinajstić information content (AvgIpc) is 2.85. The van der Waals surface area contributed by atoms with Crippen molar-refractivity contribution >= 4 is 28.1 Å². The highest BCUT2D eigenvalue weighted by atomic mass is 35.5. The lowest BCUT2D eigenvalue weighted by molar-refractivity contribution is -0.387. The molecule has 2 N–H and O–H groups in total. The lowest BCUT2D eigenvalue weighted by Crippen LogP contribution is -2.47. The first-order valence-electron chi connectivity index (χ1n) is 7.50. The maximum absolute atomic E-state index is 12.6. The van der Waals surface area contributed by atoms with Gasteiger partial charge in [0, 0.05) is 18.1 Å². The Bertz CT molecular complexity index is 715. The SMILES string of the molecule is COc1ccc(S(=O)(=O)NC2CC3CCC(C2)N3)c([N+](=O)[O-])c1.Cl. The molecule has 8 nitrogen and oxygen atoms in total. The fourth-order valence-electron chi connectivity index (χ4n) is 3.43. The Kier molecular flexibility index (Phi) is 5.69. The third kappa shape index (κ3) is 3.80. The van der Waals surface area contributed by atoms with Crippen LogP contribution in [0.3, 0.4) is 0 Å². The monoisotopic (exact) mass is 377 g/mol. The molecular formula is C14H20ClN3O5S. The van der Waals surface area contributed by atoms with Gasteiger partial charge in [0.2, 0.25) is 10.0 Å². The van der Waals surface area contributed by atoms with E-state index >= 15 is 0 Å². The van der Waals surface area contributed by atoms with Crippen molar-refractivity contribution < 1.29 is 18.1 Å². The Morgan fingerprint density at radius 3 is 2.46 bits per heavy atom. The zero-order chi connectivity index (χ0) is 16.6. The number of ether oxygens (including phenoxy) is 1. The van der Waals surface area contributed by atoms with Crippen LogP contribution >= 0.6 is 12.4 Å². The summed E-state index contributed by atoms with van der Waals surface area (Å²) >= 11 is 0. The summed E-state index contributed by atoms with van der Waals surface area (Å²) in [6.07, 6.45) is 3.51. The van der Waals surface area contributed by atoms with E-state index in [9.17, 15) is 18.5 Å². The second-order valence-electron chi connectivity index (χ2n) is 6.02. The van der Waals surface area contributed by atoms with Gasteiger partial charge in [-0.3, -0.25) is 10.1 Å². The van der Waals surface area contributed by atoms with Gasteiger partial charge in [0.15, 0.2) is 4.90 Å². The maximum atomic E-state index is 12.6. The van der Waals surface area contributed by atoms with Crippen LogP contribution in [0.2, 0.25) is 0 Å². The molecule has 0 aromatic heterocycles. The molecule has 3 rings (SSSR count). The zero-order valence-electron chi connectivity index (χ0n) is 13.1. The fourth-order valence-corrected chi connectivity index (χ4v) is 4.84. The molecule has 24 heavy (non-hydrogen) atoms. The lowest BCUT2D eigenvalue weighted by atomic mass is 10.0. The molecule has 2 saturated heterocycles. The van der Waals surface area contributed by atoms with E-state index in [1.54, 1.807) is 0 Å². The molecule has 2 aliphatic rings. The molecule has 0 aliphatic carbocycles. The quantitative estimate of drug-likeness (QED) is 0.595. The predicted octanol–water partition coefficient (Wildman–Crippen LogP) is 1.59. The first kappa shape index (κ1) is 18.9. The van der Waals surface area contributed by atoms with Crippen molar-refractivity contribution in [2.45, 2.75) is 48.7 Å². The predicted molar refractivity (Wildman–Crippen MR) is 90.2 cm³/mol. The number of hydrogen-bond donors (Lipinski definition) is 2. The summed E-state index contributed by atoms with van der Waals surface area (Å²) in [5, 5.41) is 14.6. The first-order chi connectivity index (χ1) is 10.9. The molecule has 10 heteroatoms. The number of nitro benzene ring substituents is 1. The molecule has 2 unspecified atom stereocenters. The third-order valence-electron chi connectivity index (χ3n) is 4.45. The Labute approximate surface area is 146 Å². The summed E-state index contributed by atoms with van der Waals surface area (Å²) in [6, 6.07) is 4.21. The molecule has 0 amide bonds. The van der Waals surface area contributed by atoms with Crippen LogP contribution in [-0.2, 0) is 10.0 Å². The molecule has 1 aromatic rings. The number of methoxy groups -OCH3 is 1. The van der Waals surface area contributed by atoms with Gasteiger partial charge < -0.3 is 10.1 Å². The van der Waals surface area contributed by atoms with E-state index in [1.165, 1.54) is 19.2 Å². The van der Waals surface area contributed by atoms with Gasteiger partial charge in [0.25, 0.3) is 5.69 Å². The van der Waals surface area contributed by atoms with E-state index in [4.69, 9.17) is 4.74 Å². The summed E-state index contributed by atoms with van der Waals surface area (Å²) in [7, 11) is -2.58. The summed E-state index contributed by atoms with van der Waals surface area (Å²) < 4.78 is 32.7. The highest BCUT2D eigenvalue weighted by Crippen LogP contribution is 2.31. The second-order valence-corrected chi connectivity index (χ2v) is 7.70. The van der Waals surface area contributed by atoms with Crippen LogP contribution in [0.4, 0.5) is 5.69 Å². The van der Waals surface area contributed by atoms with Crippen LogP contribution < -0.4 is 14.8 Å². The van der Waals surface area contributed by atoms with E-state index in [-0.39, 0.29) is 29.1 Å². The van der Waals surface area contributed by atoms with Crippen molar-refractivity contribution in [3.63, 3.8) is 0 Å². The first-order valence-corrected chi connectivity index (χ1v) is 8.98. The minimum atomic E-state index is -3.95. The van der Waals surface area contributed by atoms with Crippen LogP contribution in [0.1, 0.15) is 25.7 Å². The normalized spacial score (nSPS) is 25.8. The molecule has 0 spiro atoms. The summed E-state index contributed by atoms with van der Waals surface area (Å²) in [4.78, 5) is 10.2. The molecule has 2 aliphatic heterocycles. The molecule has 0 radical (unpaired) electrons. The second kappa shape index (κ2) is 7.22. The smallest absolute Gasteiger partial charge is 0.293 e. The molecule has 2 heterocycles. The molecule has 2 bridgehead atoms. The zero-order valence-corrected chi connectivity index (χ0v) is 14.7. The number of sulfonamides is 1. The lowest BCUT2D eigenvalue weighted by Gasteiger charge is -2.29. The molecule has 1 aromatic carbocycles. The molecule has 2 fully saturated rings. The number of benzene rings is 1. The minimum Gasteiger partial charge on any atom is -0.497 e. The van der Waals surface area contributed by atoms with Crippen LogP contribution in [-0.4, -0.2) is 38.6 Å². The Morgan fingerprint density at radius 1 is 1.29 bits per heavy atom. The van der Waals surface area contributed by atoms with Gasteiger partial charge in [0.1, 0.15) is 5.75 Å². The number of halogens is 1. The van der Waals surface area contributed by atoms with E-state index in [0.717, 1.165) is 18.9 Å². The minimum absolute atomic E-state index is 0. The van der Waals surface area contributed by atoms with Gasteiger partial charge in [-0.25, -0.2) is 13.1 Å². The van der Waals surface area contributed by atoms with Crippen molar-refractivity contribution in [1.82, 2.24) is 10.0 Å². The molecular weight excluding hydrogens is 358 g/mol. The molecule has 0 saturated carbocycles. The van der Waals surface area contributed by atoms with Crippen molar-refractivity contribution in [1.29, 1.82) is 0 Å². The number of nitrogens with one attached hydrogen (secondary N) is 2. The number of nitro groups is 1. The number of rotatable bonds is 5. The van der Waals surface area contributed by atoms with Gasteiger partial charge in [0.05, 0.1) is 18.1 Å². The molecule has 134 valence electrons. The maximum Gasteiger partial charge on any atom is 0.293 e. The van der Waals surface area contributed by atoms with Gasteiger partial charge in [-0.1, -0.05) is 0 Å². The van der Waals surface area contributed by atoms with E-state index < -0.39 is 20.6 Å². The van der Waals surface area contributed by atoms with Gasteiger partial charge >= 0.3 is 0 Å². The Hall–Kier alpha value is -1.42. The standard InChI is InChI=1S/C14H19N3O5S.ClH/c1-22-12-4-5-14(13(8-12)17(18)19)23(20,21)16-11-6-9-2-3-10(7-11)15-9;/h4-5,8-11,15-16H,2-3,6-7H2,1H3;1H. The highest BCUT2D eigenvalue weighted by Gasteiger charge is 2.36. The van der Waals surface area contributed by atoms with Crippen LogP contribution in [0.25, 0.3) is 0 Å². The van der Waals surface area contributed by atoms with E-state index in [1.807, 2.05) is 0 Å². The van der Waals surface area contributed by atoms with Crippen LogP contribution in [0, 0.1) is 10.1 Å².